The number of methoxy groups -OCH3 is 1. The molecule has 7 nitrogen and oxygen atoms in total. The molecule has 0 bridgehead atoms. The summed E-state index contributed by atoms with van der Waals surface area (Å²) >= 11 is 0. The maximum atomic E-state index is 13.7. The number of hydrogen-bond donors (Lipinski definition) is 1. The first-order valence-corrected chi connectivity index (χ1v) is 16.8. The van der Waals surface area contributed by atoms with Gasteiger partial charge in [-0.15, -0.1) is 6.58 Å². The first kappa shape index (κ1) is 30.3. The van der Waals surface area contributed by atoms with Gasteiger partial charge in [-0.3, -0.25) is 9.69 Å². The first-order valence-electron chi connectivity index (χ1n) is 15.3. The summed E-state index contributed by atoms with van der Waals surface area (Å²) in [5.74, 6) is 1.04. The van der Waals surface area contributed by atoms with E-state index in [4.69, 9.17) is 9.47 Å². The van der Waals surface area contributed by atoms with Crippen LogP contribution in [0.1, 0.15) is 65.7 Å². The van der Waals surface area contributed by atoms with Crippen molar-refractivity contribution in [3.05, 3.63) is 48.6 Å². The fraction of sp³-hybridized carbons (Fsp3) is 0.667. The van der Waals surface area contributed by atoms with Crippen molar-refractivity contribution in [1.29, 1.82) is 0 Å². The van der Waals surface area contributed by atoms with Gasteiger partial charge in [0, 0.05) is 25.0 Å². The summed E-state index contributed by atoms with van der Waals surface area (Å²) in [4.78, 5) is 15.2. The van der Waals surface area contributed by atoms with Gasteiger partial charge >= 0.3 is 5.97 Å². The summed E-state index contributed by atoms with van der Waals surface area (Å²) in [6.45, 7) is 12.8. The average Bonchev–Trinajstić information content (AvgIpc) is 2.96. The molecule has 1 aromatic carbocycles. The van der Waals surface area contributed by atoms with Crippen molar-refractivity contribution >= 4 is 15.8 Å². The minimum Gasteiger partial charge on any atom is -0.495 e. The molecule has 226 valence electrons. The molecule has 1 saturated heterocycles. The molecule has 8 heteroatoms. The summed E-state index contributed by atoms with van der Waals surface area (Å²) in [6.07, 6.45) is 12.6. The molecule has 0 spiro atoms. The molecule has 1 heterocycles. The van der Waals surface area contributed by atoms with Crippen LogP contribution in [0.25, 0.3) is 0 Å². The summed E-state index contributed by atoms with van der Waals surface area (Å²) in [6, 6.07) is 6.65. The number of benzene rings is 1. The number of para-hydroxylation sites is 1. The van der Waals surface area contributed by atoms with Crippen LogP contribution in [0.4, 0.5) is 0 Å². The molecule has 3 aliphatic carbocycles. The van der Waals surface area contributed by atoms with Crippen LogP contribution in [0.2, 0.25) is 0 Å². The zero-order valence-electron chi connectivity index (χ0n) is 25.3. The Morgan fingerprint density at radius 1 is 1.20 bits per heavy atom. The molecular weight excluding hydrogens is 536 g/mol. The van der Waals surface area contributed by atoms with Gasteiger partial charge in [0.1, 0.15) is 16.0 Å². The zero-order chi connectivity index (χ0) is 29.5. The van der Waals surface area contributed by atoms with E-state index < -0.39 is 15.2 Å². The Labute approximate surface area is 246 Å². The molecule has 0 aromatic heterocycles. The quantitative estimate of drug-likeness (QED) is 0.325. The van der Waals surface area contributed by atoms with Gasteiger partial charge in [-0.25, -0.2) is 8.42 Å². The van der Waals surface area contributed by atoms with Crippen molar-refractivity contribution < 1.29 is 22.7 Å². The highest BCUT2D eigenvalue weighted by atomic mass is 32.2. The molecule has 41 heavy (non-hydrogen) atoms. The van der Waals surface area contributed by atoms with Gasteiger partial charge in [0.05, 0.1) is 20.3 Å². The van der Waals surface area contributed by atoms with Gasteiger partial charge in [0.15, 0.2) is 9.84 Å². The number of allylic oxidation sites excluding steroid dienone is 3. The Balaban J connectivity index is 1.27. The van der Waals surface area contributed by atoms with Gasteiger partial charge in [0.2, 0.25) is 0 Å². The van der Waals surface area contributed by atoms with Crippen LogP contribution in [0, 0.1) is 28.1 Å². The second kappa shape index (κ2) is 11.5. The molecular formula is C33H48N2O5S. The molecule has 5 rings (SSSR count). The minimum absolute atomic E-state index is 0.0495. The highest BCUT2D eigenvalue weighted by Gasteiger charge is 2.55. The third-order valence-electron chi connectivity index (χ3n) is 10.9. The molecule has 3 unspecified atom stereocenters. The standard InChI is InChI=1S/C33H48N2O5S/c1-6-31(2)17-14-25-24(20-31)12-13-28-32(3,15-9-16-33(25,28)4)23-40-30(36)22-35-19-18-34-21-29(35)41(37,38)27-11-8-7-10-26(27)39-5/h6-8,10-11,14,24,28-29,34H,1,9,12-13,15-23H2,2-5H3/t24?,28?,29?,31-,32-,33-/m1/s1. The van der Waals surface area contributed by atoms with Gasteiger partial charge < -0.3 is 14.8 Å². The van der Waals surface area contributed by atoms with E-state index in [9.17, 15) is 13.2 Å². The molecule has 1 aliphatic heterocycles. The van der Waals surface area contributed by atoms with Crippen LogP contribution in [0.5, 0.6) is 5.75 Å². The molecule has 0 radical (unpaired) electrons. The van der Waals surface area contributed by atoms with Gasteiger partial charge in [-0.1, -0.05) is 57.0 Å². The SMILES string of the molecule is C=C[C@]1(C)CC=C2C(CCC3[C@@](C)(COC(=O)CN4CCNCC4S(=O)(=O)c4ccccc4OC)CCC[C@]23C)C1. The maximum Gasteiger partial charge on any atom is 0.320 e. The second-order valence-corrected chi connectivity index (χ2v) is 15.7. The van der Waals surface area contributed by atoms with Crippen molar-refractivity contribution in [3.8, 4) is 5.75 Å². The Bertz CT molecular complexity index is 1290. The predicted molar refractivity (Wildman–Crippen MR) is 161 cm³/mol. The van der Waals surface area contributed by atoms with Crippen LogP contribution in [0.15, 0.2) is 53.5 Å². The normalized spacial score (nSPS) is 35.9. The smallest absolute Gasteiger partial charge is 0.320 e. The van der Waals surface area contributed by atoms with Crippen LogP contribution in [0.3, 0.4) is 0 Å². The van der Waals surface area contributed by atoms with Crippen LogP contribution in [-0.2, 0) is 19.4 Å². The Hall–Kier alpha value is -2.16. The average molecular weight is 585 g/mol. The zero-order valence-corrected chi connectivity index (χ0v) is 26.1. The summed E-state index contributed by atoms with van der Waals surface area (Å²) in [5, 5.41) is 2.31. The molecule has 1 N–H and O–H groups in total. The van der Waals surface area contributed by atoms with Crippen LogP contribution in [-0.4, -0.2) is 64.6 Å². The minimum atomic E-state index is -3.77. The van der Waals surface area contributed by atoms with E-state index >= 15 is 0 Å². The monoisotopic (exact) mass is 584 g/mol. The molecule has 4 aliphatic rings. The van der Waals surface area contributed by atoms with E-state index in [2.05, 4.69) is 44.8 Å². The number of sulfone groups is 1. The van der Waals surface area contributed by atoms with Gasteiger partial charge in [-0.2, -0.15) is 0 Å². The number of nitrogens with zero attached hydrogens (tertiary/aromatic N) is 1. The number of rotatable bonds is 8. The number of carbonyl (C=O) groups excluding carboxylic acids is 1. The van der Waals surface area contributed by atoms with E-state index in [0.717, 1.165) is 25.7 Å². The number of piperazine rings is 1. The molecule has 3 fully saturated rings. The third kappa shape index (κ3) is 5.64. The molecule has 1 aromatic rings. The summed E-state index contributed by atoms with van der Waals surface area (Å²) < 4.78 is 38.7. The van der Waals surface area contributed by atoms with E-state index in [1.807, 2.05) is 0 Å². The topological polar surface area (TPSA) is 84.9 Å². The van der Waals surface area contributed by atoms with Gasteiger partial charge in [-0.05, 0) is 73.3 Å². The lowest BCUT2D eigenvalue weighted by molar-refractivity contribution is -0.154. The molecule has 0 amide bonds. The summed E-state index contributed by atoms with van der Waals surface area (Å²) in [7, 11) is -2.31. The Morgan fingerprint density at radius 2 is 1.98 bits per heavy atom. The van der Waals surface area contributed by atoms with Crippen molar-refractivity contribution in [2.24, 2.45) is 28.1 Å². The number of nitrogens with one attached hydrogen (secondary N) is 1. The number of carbonyl (C=O) groups is 1. The highest BCUT2D eigenvalue weighted by Crippen LogP contribution is 2.63. The van der Waals surface area contributed by atoms with Crippen molar-refractivity contribution in [1.82, 2.24) is 10.2 Å². The van der Waals surface area contributed by atoms with Crippen molar-refractivity contribution in [2.75, 3.05) is 39.9 Å². The number of hydrogen-bond acceptors (Lipinski definition) is 7. The van der Waals surface area contributed by atoms with Crippen molar-refractivity contribution in [3.63, 3.8) is 0 Å². The molecule has 6 atom stereocenters. The predicted octanol–water partition coefficient (Wildman–Crippen LogP) is 5.38. The van der Waals surface area contributed by atoms with E-state index in [-0.39, 0.29) is 40.2 Å². The van der Waals surface area contributed by atoms with Crippen molar-refractivity contribution in [2.45, 2.75) is 76.0 Å². The van der Waals surface area contributed by atoms with Crippen LogP contribution < -0.4 is 10.1 Å². The largest absolute Gasteiger partial charge is 0.495 e. The Kier molecular flexibility index (Phi) is 8.50. The van der Waals surface area contributed by atoms with E-state index in [1.165, 1.54) is 26.4 Å². The van der Waals surface area contributed by atoms with E-state index in [0.29, 0.717) is 37.3 Å². The first-order chi connectivity index (χ1) is 19.5. The number of fused-ring (bicyclic) bond motifs is 3. The molecule has 2 saturated carbocycles. The third-order valence-corrected chi connectivity index (χ3v) is 13.0. The number of ether oxygens (including phenoxy) is 2. The lowest BCUT2D eigenvalue weighted by atomic mass is 9.46. The lowest BCUT2D eigenvalue weighted by Gasteiger charge is -2.59. The lowest BCUT2D eigenvalue weighted by Crippen LogP contribution is -2.56. The second-order valence-electron chi connectivity index (χ2n) is 13.7. The van der Waals surface area contributed by atoms with Crippen LogP contribution >= 0.6 is 0 Å². The highest BCUT2D eigenvalue weighted by molar-refractivity contribution is 7.92. The van der Waals surface area contributed by atoms with Gasteiger partial charge in [0.25, 0.3) is 0 Å². The summed E-state index contributed by atoms with van der Waals surface area (Å²) in [5.41, 5.74) is 1.86. The number of esters is 1. The fourth-order valence-electron chi connectivity index (χ4n) is 8.59. The maximum absolute atomic E-state index is 13.7. The fourth-order valence-corrected chi connectivity index (χ4v) is 10.5. The Morgan fingerprint density at radius 3 is 2.73 bits per heavy atom. The van der Waals surface area contributed by atoms with E-state index in [1.54, 1.807) is 34.7 Å².